The molecule has 6 nitrogen and oxygen atoms in total. The van der Waals surface area contributed by atoms with Gasteiger partial charge in [-0.15, -0.1) is 0 Å². The van der Waals surface area contributed by atoms with Crippen LogP contribution in [0.4, 0.5) is 0 Å². The third kappa shape index (κ3) is 3.80. The van der Waals surface area contributed by atoms with E-state index in [1.165, 1.54) is 11.9 Å². The Kier molecular flexibility index (Phi) is 5.51. The van der Waals surface area contributed by atoms with E-state index in [9.17, 15) is 0 Å². The average Bonchev–Trinajstić information content (AvgIpc) is 3.32. The number of hydrogen-bond donors (Lipinski definition) is 0. The maximum atomic E-state index is 6.70. The summed E-state index contributed by atoms with van der Waals surface area (Å²) in [6.07, 6.45) is 3.79. The van der Waals surface area contributed by atoms with Crippen molar-refractivity contribution in [2.45, 2.75) is 57.0 Å². The summed E-state index contributed by atoms with van der Waals surface area (Å²) in [5.41, 5.74) is 2.30. The molecule has 3 heterocycles. The van der Waals surface area contributed by atoms with Crippen LogP contribution in [0.3, 0.4) is 0 Å². The highest BCUT2D eigenvalue weighted by Gasteiger charge is 2.46. The van der Waals surface area contributed by atoms with E-state index in [-0.39, 0.29) is 16.7 Å². The van der Waals surface area contributed by atoms with Crippen molar-refractivity contribution >= 4 is 31.1 Å². The Bertz CT molecular complexity index is 1030. The minimum atomic E-state index is -1.90. The minimum Gasteiger partial charge on any atom is -0.416 e. The molecule has 30 heavy (non-hydrogen) atoms. The molecule has 160 valence electrons. The summed E-state index contributed by atoms with van der Waals surface area (Å²) in [6, 6.07) is 10.5. The van der Waals surface area contributed by atoms with E-state index >= 15 is 0 Å². The first-order valence-corrected chi connectivity index (χ1v) is 13.6. The van der Waals surface area contributed by atoms with Gasteiger partial charge in [0.25, 0.3) is 0 Å². The highest BCUT2D eigenvalue weighted by Crippen LogP contribution is 2.44. The lowest BCUT2D eigenvalue weighted by molar-refractivity contribution is 0.0528. The average molecular weight is 445 g/mol. The van der Waals surface area contributed by atoms with Gasteiger partial charge in [0, 0.05) is 18.4 Å². The molecule has 0 amide bonds. The fraction of sp³-hybridized carbons (Fsp3) is 0.500. The molecule has 0 spiro atoms. The second kappa shape index (κ2) is 7.71. The summed E-state index contributed by atoms with van der Waals surface area (Å²) in [6.45, 7) is 12.6. The van der Waals surface area contributed by atoms with E-state index in [1.54, 1.807) is 6.33 Å². The van der Waals surface area contributed by atoms with Gasteiger partial charge in [-0.3, -0.25) is 4.57 Å². The maximum absolute atomic E-state index is 6.70. The van der Waals surface area contributed by atoms with Gasteiger partial charge in [0.15, 0.2) is 19.1 Å². The van der Waals surface area contributed by atoms with Gasteiger partial charge in [-0.05, 0) is 23.7 Å². The number of imidazole rings is 1. The van der Waals surface area contributed by atoms with Crippen molar-refractivity contribution in [3.05, 3.63) is 53.7 Å². The van der Waals surface area contributed by atoms with Crippen LogP contribution < -0.4 is 0 Å². The summed E-state index contributed by atoms with van der Waals surface area (Å²) in [4.78, 5) is 12.8. The molecule has 1 saturated heterocycles. The Labute approximate surface area is 183 Å². The molecule has 0 aliphatic carbocycles. The predicted octanol–water partition coefficient (Wildman–Crippen LogP) is 5.36. The lowest BCUT2D eigenvalue weighted by Gasteiger charge is -2.39. The second-order valence-corrected chi connectivity index (χ2v) is 14.8. The van der Waals surface area contributed by atoms with Gasteiger partial charge in [0.1, 0.15) is 18.1 Å². The van der Waals surface area contributed by atoms with Crippen molar-refractivity contribution in [1.82, 2.24) is 19.5 Å². The summed E-state index contributed by atoms with van der Waals surface area (Å²) in [7, 11) is -1.90. The Morgan fingerprint density at radius 1 is 1.20 bits per heavy atom. The summed E-state index contributed by atoms with van der Waals surface area (Å²) in [5.74, 6) is 0. The SMILES string of the molecule is CC(C)(C)[Si](C)(C)OC[C@]1(c2ccccc2)CO[C@@H](n2cnc3c(Cl)ncnc32)C1. The van der Waals surface area contributed by atoms with Crippen molar-refractivity contribution in [3.8, 4) is 0 Å². The summed E-state index contributed by atoms with van der Waals surface area (Å²) >= 11 is 6.19. The van der Waals surface area contributed by atoms with Gasteiger partial charge >= 0.3 is 0 Å². The molecular formula is C22H29ClN4O2Si. The molecule has 0 bridgehead atoms. The molecule has 0 unspecified atom stereocenters. The molecule has 1 aliphatic heterocycles. The first-order chi connectivity index (χ1) is 14.1. The van der Waals surface area contributed by atoms with Crippen molar-refractivity contribution < 1.29 is 9.16 Å². The molecular weight excluding hydrogens is 416 g/mol. The van der Waals surface area contributed by atoms with Crippen LogP contribution in [-0.4, -0.2) is 41.1 Å². The van der Waals surface area contributed by atoms with Crippen LogP contribution >= 0.6 is 11.6 Å². The van der Waals surface area contributed by atoms with E-state index in [0.717, 1.165) is 6.42 Å². The molecule has 2 aromatic heterocycles. The first-order valence-electron chi connectivity index (χ1n) is 10.3. The smallest absolute Gasteiger partial charge is 0.192 e. The fourth-order valence-corrected chi connectivity index (χ4v) is 4.88. The van der Waals surface area contributed by atoms with Crippen LogP contribution in [0.2, 0.25) is 23.3 Å². The fourth-order valence-electron chi connectivity index (χ4n) is 3.63. The Morgan fingerprint density at radius 2 is 1.93 bits per heavy atom. The summed E-state index contributed by atoms with van der Waals surface area (Å²) < 4.78 is 15.0. The zero-order chi connectivity index (χ0) is 21.6. The number of ether oxygens (including phenoxy) is 1. The number of benzene rings is 1. The van der Waals surface area contributed by atoms with E-state index < -0.39 is 8.32 Å². The predicted molar refractivity (Wildman–Crippen MR) is 121 cm³/mol. The molecule has 4 rings (SSSR count). The van der Waals surface area contributed by atoms with Crippen LogP contribution in [0.15, 0.2) is 43.0 Å². The van der Waals surface area contributed by atoms with Gasteiger partial charge in [-0.1, -0.05) is 62.7 Å². The molecule has 1 fully saturated rings. The van der Waals surface area contributed by atoms with Gasteiger partial charge in [-0.25, -0.2) is 15.0 Å². The molecule has 0 N–H and O–H groups in total. The van der Waals surface area contributed by atoms with Crippen LogP contribution in [-0.2, 0) is 14.6 Å². The number of halogens is 1. The zero-order valence-electron chi connectivity index (χ0n) is 18.2. The van der Waals surface area contributed by atoms with Gasteiger partial charge < -0.3 is 9.16 Å². The largest absolute Gasteiger partial charge is 0.416 e. The highest BCUT2D eigenvalue weighted by atomic mass is 35.5. The third-order valence-electron chi connectivity index (χ3n) is 6.64. The quantitative estimate of drug-likeness (QED) is 0.391. The van der Waals surface area contributed by atoms with Gasteiger partial charge in [0.05, 0.1) is 12.9 Å². The maximum Gasteiger partial charge on any atom is 0.192 e. The number of nitrogens with zero attached hydrogens (tertiary/aromatic N) is 4. The van der Waals surface area contributed by atoms with Gasteiger partial charge in [-0.2, -0.15) is 0 Å². The van der Waals surface area contributed by atoms with E-state index in [0.29, 0.717) is 29.5 Å². The van der Waals surface area contributed by atoms with E-state index in [2.05, 4.69) is 73.1 Å². The normalized spacial score (nSPS) is 22.7. The van der Waals surface area contributed by atoms with Crippen LogP contribution in [0.5, 0.6) is 0 Å². The number of rotatable bonds is 5. The van der Waals surface area contributed by atoms with Crippen molar-refractivity contribution in [1.29, 1.82) is 0 Å². The Hall–Kier alpha value is -1.80. The van der Waals surface area contributed by atoms with Crippen molar-refractivity contribution in [3.63, 3.8) is 0 Å². The first kappa shape index (κ1) is 21.4. The number of aromatic nitrogens is 4. The number of hydrogen-bond acceptors (Lipinski definition) is 5. The lowest BCUT2D eigenvalue weighted by atomic mass is 9.80. The molecule has 1 aliphatic rings. The molecule has 2 atom stereocenters. The Balaban J connectivity index is 1.66. The standard InChI is InChI=1S/C22H29ClN4O2Si/c1-21(2,3)30(4,5)29-13-22(16-9-7-6-8-10-16)11-17(28-12-22)27-15-26-18-19(23)24-14-25-20(18)27/h6-10,14-15,17H,11-13H2,1-5H3/t17-,22-/m1/s1. The Morgan fingerprint density at radius 3 is 2.63 bits per heavy atom. The third-order valence-corrected chi connectivity index (χ3v) is 11.4. The molecule has 8 heteroatoms. The lowest BCUT2D eigenvalue weighted by Crippen LogP contribution is -2.45. The molecule has 1 aromatic carbocycles. The van der Waals surface area contributed by atoms with Crippen molar-refractivity contribution in [2.24, 2.45) is 0 Å². The topological polar surface area (TPSA) is 62.1 Å². The monoisotopic (exact) mass is 444 g/mol. The highest BCUT2D eigenvalue weighted by molar-refractivity contribution is 6.74. The number of fused-ring (bicyclic) bond motifs is 1. The molecule has 3 aromatic rings. The van der Waals surface area contributed by atoms with Crippen LogP contribution in [0.1, 0.15) is 39.0 Å². The van der Waals surface area contributed by atoms with E-state index in [4.69, 9.17) is 20.8 Å². The van der Waals surface area contributed by atoms with Crippen molar-refractivity contribution in [2.75, 3.05) is 13.2 Å². The summed E-state index contributed by atoms with van der Waals surface area (Å²) in [5, 5.41) is 0.505. The van der Waals surface area contributed by atoms with Crippen LogP contribution in [0.25, 0.3) is 11.2 Å². The van der Waals surface area contributed by atoms with E-state index in [1.807, 2.05) is 10.6 Å². The minimum absolute atomic E-state index is 0.151. The van der Waals surface area contributed by atoms with Crippen LogP contribution in [0, 0.1) is 0 Å². The zero-order valence-corrected chi connectivity index (χ0v) is 20.0. The molecule has 0 saturated carbocycles. The second-order valence-electron chi connectivity index (χ2n) is 9.65. The molecule has 0 radical (unpaired) electrons. The van der Waals surface area contributed by atoms with Gasteiger partial charge in [0.2, 0.25) is 0 Å².